The number of nitrogens with one attached hydrogen (secondary N) is 1. The van der Waals surface area contributed by atoms with Crippen LogP contribution in [0.5, 0.6) is 0 Å². The van der Waals surface area contributed by atoms with Gasteiger partial charge in [-0.3, -0.25) is 4.79 Å². The molecule has 1 aromatic carbocycles. The lowest BCUT2D eigenvalue weighted by molar-refractivity contribution is 0.0921. The maximum atomic E-state index is 11.7. The highest BCUT2D eigenvalue weighted by molar-refractivity contribution is 9.10. The molecule has 0 aliphatic heterocycles. The van der Waals surface area contributed by atoms with E-state index in [2.05, 4.69) is 21.2 Å². The van der Waals surface area contributed by atoms with Gasteiger partial charge in [-0.25, -0.2) is 0 Å². The molecule has 0 bridgehead atoms. The zero-order chi connectivity index (χ0) is 11.4. The van der Waals surface area contributed by atoms with Crippen molar-refractivity contribution in [3.63, 3.8) is 0 Å². The molecule has 1 aromatic rings. The van der Waals surface area contributed by atoms with Gasteiger partial charge in [-0.15, -0.1) is 0 Å². The van der Waals surface area contributed by atoms with E-state index in [4.69, 9.17) is 5.11 Å². The molecule has 0 spiro atoms. The molecule has 15 heavy (non-hydrogen) atoms. The topological polar surface area (TPSA) is 49.3 Å². The summed E-state index contributed by atoms with van der Waals surface area (Å²) >= 11 is 3.32. The van der Waals surface area contributed by atoms with Crippen LogP contribution in [-0.2, 0) is 0 Å². The summed E-state index contributed by atoms with van der Waals surface area (Å²) in [5, 5.41) is 11.5. The van der Waals surface area contributed by atoms with E-state index in [-0.39, 0.29) is 18.6 Å². The van der Waals surface area contributed by atoms with Crippen molar-refractivity contribution >= 4 is 21.8 Å². The fourth-order valence-corrected chi connectivity index (χ4v) is 1.55. The summed E-state index contributed by atoms with van der Waals surface area (Å²) < 4.78 is 0.870. The van der Waals surface area contributed by atoms with Gasteiger partial charge in [0.15, 0.2) is 0 Å². The molecule has 1 amide bonds. The van der Waals surface area contributed by atoms with Crippen LogP contribution in [0.1, 0.15) is 22.8 Å². The molecule has 1 atom stereocenters. The molecule has 0 heterocycles. The van der Waals surface area contributed by atoms with Crippen molar-refractivity contribution in [1.29, 1.82) is 0 Å². The first-order valence-electron chi connectivity index (χ1n) is 4.72. The predicted octanol–water partition coefficient (Wildman–Crippen LogP) is 1.87. The van der Waals surface area contributed by atoms with Crippen LogP contribution < -0.4 is 5.32 Å². The van der Waals surface area contributed by atoms with Gasteiger partial charge in [0.2, 0.25) is 0 Å². The first-order chi connectivity index (χ1) is 7.04. The monoisotopic (exact) mass is 271 g/mol. The Labute approximate surface area is 97.6 Å². The van der Waals surface area contributed by atoms with E-state index >= 15 is 0 Å². The van der Waals surface area contributed by atoms with Gasteiger partial charge in [0.1, 0.15) is 0 Å². The van der Waals surface area contributed by atoms with Gasteiger partial charge >= 0.3 is 0 Å². The molecular weight excluding hydrogens is 258 g/mol. The van der Waals surface area contributed by atoms with Gasteiger partial charge in [0.05, 0.1) is 6.61 Å². The number of aliphatic hydroxyl groups is 1. The average Bonchev–Trinajstić information content (AvgIpc) is 2.21. The molecule has 0 radical (unpaired) electrons. The highest BCUT2D eigenvalue weighted by Crippen LogP contribution is 2.15. The van der Waals surface area contributed by atoms with Gasteiger partial charge < -0.3 is 10.4 Å². The molecule has 1 unspecified atom stereocenters. The van der Waals surface area contributed by atoms with Gasteiger partial charge in [-0.2, -0.15) is 0 Å². The molecule has 0 fully saturated rings. The number of hydrogen-bond donors (Lipinski definition) is 2. The normalized spacial score (nSPS) is 12.3. The molecule has 0 saturated carbocycles. The zero-order valence-electron chi connectivity index (χ0n) is 8.75. The summed E-state index contributed by atoms with van der Waals surface area (Å²) in [6, 6.07) is 5.31. The van der Waals surface area contributed by atoms with Crippen molar-refractivity contribution in [2.24, 2.45) is 0 Å². The summed E-state index contributed by atoms with van der Waals surface area (Å²) in [5.74, 6) is -0.157. The van der Waals surface area contributed by atoms with Crippen molar-refractivity contribution in [3.8, 4) is 0 Å². The first kappa shape index (κ1) is 12.2. The van der Waals surface area contributed by atoms with Crippen molar-refractivity contribution < 1.29 is 9.90 Å². The van der Waals surface area contributed by atoms with E-state index < -0.39 is 0 Å². The van der Waals surface area contributed by atoms with Crippen LogP contribution in [0.3, 0.4) is 0 Å². The lowest BCUT2D eigenvalue weighted by Gasteiger charge is -2.12. The Balaban J connectivity index is 2.86. The molecule has 0 aliphatic carbocycles. The number of carbonyl (C=O) groups excluding carboxylic acids is 1. The van der Waals surface area contributed by atoms with Gasteiger partial charge in [0, 0.05) is 16.1 Å². The summed E-state index contributed by atoms with van der Waals surface area (Å²) in [6.07, 6.45) is 0. The van der Waals surface area contributed by atoms with Crippen molar-refractivity contribution in [1.82, 2.24) is 5.32 Å². The van der Waals surface area contributed by atoms with Crippen molar-refractivity contribution in [2.45, 2.75) is 19.9 Å². The molecular formula is C11H14BrNO2. The number of amides is 1. The van der Waals surface area contributed by atoms with E-state index in [0.29, 0.717) is 5.56 Å². The first-order valence-corrected chi connectivity index (χ1v) is 5.51. The molecule has 82 valence electrons. The Morgan fingerprint density at radius 3 is 2.87 bits per heavy atom. The number of rotatable bonds is 3. The highest BCUT2D eigenvalue weighted by Gasteiger charge is 2.11. The second-order valence-corrected chi connectivity index (χ2v) is 4.43. The number of aliphatic hydroxyl groups excluding tert-OH is 1. The van der Waals surface area contributed by atoms with E-state index in [1.807, 2.05) is 19.1 Å². The van der Waals surface area contributed by atoms with Crippen molar-refractivity contribution in [3.05, 3.63) is 33.8 Å². The quantitative estimate of drug-likeness (QED) is 0.882. The fourth-order valence-electron chi connectivity index (χ4n) is 1.19. The second kappa shape index (κ2) is 5.28. The number of carbonyl (C=O) groups is 1. The Bertz CT molecular complexity index is 366. The predicted molar refractivity (Wildman–Crippen MR) is 62.9 cm³/mol. The van der Waals surface area contributed by atoms with Crippen LogP contribution >= 0.6 is 15.9 Å². The van der Waals surface area contributed by atoms with Gasteiger partial charge in [-0.1, -0.05) is 22.0 Å². The summed E-state index contributed by atoms with van der Waals surface area (Å²) in [7, 11) is 0. The van der Waals surface area contributed by atoms with E-state index in [1.165, 1.54) is 0 Å². The largest absolute Gasteiger partial charge is 0.394 e. The van der Waals surface area contributed by atoms with Crippen LogP contribution in [0.15, 0.2) is 22.7 Å². The van der Waals surface area contributed by atoms with Crippen LogP contribution in [-0.4, -0.2) is 23.7 Å². The van der Waals surface area contributed by atoms with Gasteiger partial charge in [0.25, 0.3) is 5.91 Å². The number of halogens is 1. The maximum absolute atomic E-state index is 11.7. The van der Waals surface area contributed by atoms with Crippen LogP contribution in [0.4, 0.5) is 0 Å². The van der Waals surface area contributed by atoms with E-state index in [1.54, 1.807) is 13.0 Å². The maximum Gasteiger partial charge on any atom is 0.251 e. The lowest BCUT2D eigenvalue weighted by Crippen LogP contribution is -2.35. The third-order valence-electron chi connectivity index (χ3n) is 2.10. The molecule has 0 aromatic heterocycles. The van der Waals surface area contributed by atoms with Crippen LogP contribution in [0.2, 0.25) is 0 Å². The molecule has 3 nitrogen and oxygen atoms in total. The minimum absolute atomic E-state index is 0.0568. The molecule has 1 rings (SSSR count). The minimum atomic E-state index is -0.226. The molecule has 4 heteroatoms. The Morgan fingerprint density at radius 1 is 1.60 bits per heavy atom. The number of aryl methyl sites for hydroxylation is 1. The summed E-state index contributed by atoms with van der Waals surface area (Å²) in [5.41, 5.74) is 1.55. The van der Waals surface area contributed by atoms with Crippen molar-refractivity contribution in [2.75, 3.05) is 6.61 Å². The fraction of sp³-hybridized carbons (Fsp3) is 0.364. The average molecular weight is 272 g/mol. The van der Waals surface area contributed by atoms with E-state index in [0.717, 1.165) is 10.0 Å². The Hall–Kier alpha value is -0.870. The second-order valence-electron chi connectivity index (χ2n) is 3.52. The highest BCUT2D eigenvalue weighted by atomic mass is 79.9. The molecule has 0 aliphatic rings. The molecule has 0 saturated heterocycles. The Morgan fingerprint density at radius 2 is 2.27 bits per heavy atom. The van der Waals surface area contributed by atoms with Gasteiger partial charge in [-0.05, 0) is 31.5 Å². The SMILES string of the molecule is Cc1ccc(Br)cc1C(=O)NC(C)CO. The smallest absolute Gasteiger partial charge is 0.251 e. The molecule has 2 N–H and O–H groups in total. The summed E-state index contributed by atoms with van der Waals surface area (Å²) in [6.45, 7) is 3.58. The Kier molecular flexibility index (Phi) is 4.29. The standard InChI is InChI=1S/C11H14BrNO2/c1-7-3-4-9(12)5-10(7)11(15)13-8(2)6-14/h3-5,8,14H,6H2,1-2H3,(H,13,15). The zero-order valence-corrected chi connectivity index (χ0v) is 10.3. The number of hydrogen-bond acceptors (Lipinski definition) is 2. The summed E-state index contributed by atoms with van der Waals surface area (Å²) in [4.78, 5) is 11.7. The van der Waals surface area contributed by atoms with Crippen LogP contribution in [0.25, 0.3) is 0 Å². The minimum Gasteiger partial charge on any atom is -0.394 e. The number of benzene rings is 1. The van der Waals surface area contributed by atoms with E-state index in [9.17, 15) is 4.79 Å². The van der Waals surface area contributed by atoms with Crippen LogP contribution in [0, 0.1) is 6.92 Å². The third-order valence-corrected chi connectivity index (χ3v) is 2.59. The lowest BCUT2D eigenvalue weighted by atomic mass is 10.1. The third kappa shape index (κ3) is 3.32.